The number of ketones is 1. The summed E-state index contributed by atoms with van der Waals surface area (Å²) in [6.07, 6.45) is 6.48. The number of benzene rings is 1. The number of hydrogen-bond acceptors (Lipinski definition) is 1. The summed E-state index contributed by atoms with van der Waals surface area (Å²) in [6, 6.07) is 7.86. The molecule has 0 saturated heterocycles. The molecule has 94 valence electrons. The van der Waals surface area contributed by atoms with Gasteiger partial charge in [-0.1, -0.05) is 36.6 Å². The van der Waals surface area contributed by atoms with E-state index in [9.17, 15) is 4.79 Å². The largest absolute Gasteiger partial charge is 0.339 e. The Morgan fingerprint density at radius 2 is 2.06 bits per heavy atom. The van der Waals surface area contributed by atoms with Crippen molar-refractivity contribution in [1.82, 2.24) is 4.57 Å². The molecule has 0 bridgehead atoms. The molecule has 2 nitrogen and oxygen atoms in total. The van der Waals surface area contributed by atoms with Gasteiger partial charge in [-0.05, 0) is 25.0 Å². The zero-order valence-electron chi connectivity index (χ0n) is 10.2. The molecule has 1 heterocycles. The van der Waals surface area contributed by atoms with Crippen molar-refractivity contribution in [2.45, 2.75) is 32.2 Å². The highest BCUT2D eigenvalue weighted by Gasteiger charge is 2.23. The van der Waals surface area contributed by atoms with Gasteiger partial charge >= 0.3 is 0 Å². The van der Waals surface area contributed by atoms with Gasteiger partial charge in [-0.25, -0.2) is 0 Å². The molecule has 1 aromatic carbocycles. The Bertz CT molecular complexity index is 581. The molecule has 1 saturated carbocycles. The predicted octanol–water partition coefficient (Wildman–Crippen LogP) is 4.05. The van der Waals surface area contributed by atoms with Crippen molar-refractivity contribution in [3.8, 4) is 0 Å². The topological polar surface area (TPSA) is 22.0 Å². The van der Waals surface area contributed by atoms with Gasteiger partial charge in [0.05, 0.1) is 17.1 Å². The Morgan fingerprint density at radius 1 is 1.28 bits per heavy atom. The second-order valence-corrected chi connectivity index (χ2v) is 5.48. The van der Waals surface area contributed by atoms with Crippen LogP contribution in [0.2, 0.25) is 5.02 Å². The molecule has 0 amide bonds. The number of nitrogens with zero attached hydrogens (tertiary/aromatic N) is 1. The van der Waals surface area contributed by atoms with Crippen LogP contribution in [-0.4, -0.2) is 10.4 Å². The van der Waals surface area contributed by atoms with Crippen LogP contribution in [-0.2, 0) is 11.3 Å². The first-order chi connectivity index (χ1) is 8.75. The van der Waals surface area contributed by atoms with Crippen molar-refractivity contribution < 1.29 is 4.79 Å². The van der Waals surface area contributed by atoms with E-state index in [4.69, 9.17) is 11.6 Å². The fourth-order valence-electron chi connectivity index (χ4n) is 2.89. The lowest BCUT2D eigenvalue weighted by Gasteiger charge is -2.10. The Kier molecular flexibility index (Phi) is 3.13. The molecular weight excluding hydrogens is 246 g/mol. The van der Waals surface area contributed by atoms with E-state index in [-0.39, 0.29) is 5.92 Å². The molecule has 0 radical (unpaired) electrons. The van der Waals surface area contributed by atoms with E-state index < -0.39 is 0 Å². The van der Waals surface area contributed by atoms with Crippen LogP contribution in [0.15, 0.2) is 30.5 Å². The Morgan fingerprint density at radius 3 is 2.83 bits per heavy atom. The van der Waals surface area contributed by atoms with E-state index in [0.29, 0.717) is 12.3 Å². The second-order valence-electron chi connectivity index (χ2n) is 5.07. The van der Waals surface area contributed by atoms with Gasteiger partial charge in [0.2, 0.25) is 0 Å². The maximum Gasteiger partial charge on any atom is 0.155 e. The molecule has 0 unspecified atom stereocenters. The number of carbonyl (C=O) groups is 1. The van der Waals surface area contributed by atoms with Gasteiger partial charge in [0.25, 0.3) is 0 Å². The summed E-state index contributed by atoms with van der Waals surface area (Å²) in [5.74, 6) is 0.620. The van der Waals surface area contributed by atoms with Crippen LogP contribution < -0.4 is 0 Å². The average molecular weight is 262 g/mol. The number of para-hydroxylation sites is 1. The van der Waals surface area contributed by atoms with Crippen molar-refractivity contribution in [1.29, 1.82) is 0 Å². The lowest BCUT2D eigenvalue weighted by molar-refractivity contribution is -0.123. The summed E-state index contributed by atoms with van der Waals surface area (Å²) < 4.78 is 1.98. The van der Waals surface area contributed by atoms with Crippen molar-refractivity contribution in [2.75, 3.05) is 0 Å². The first-order valence-electron chi connectivity index (χ1n) is 6.52. The van der Waals surface area contributed by atoms with Gasteiger partial charge in [-0.3, -0.25) is 4.79 Å². The lowest BCUT2D eigenvalue weighted by atomic mass is 10.0. The Hall–Kier alpha value is -1.28. The van der Waals surface area contributed by atoms with Crippen LogP contribution in [0.1, 0.15) is 25.7 Å². The quantitative estimate of drug-likeness (QED) is 0.817. The number of aromatic nitrogens is 1. The van der Waals surface area contributed by atoms with E-state index >= 15 is 0 Å². The predicted molar refractivity (Wildman–Crippen MR) is 73.9 cm³/mol. The van der Waals surface area contributed by atoms with Crippen molar-refractivity contribution >= 4 is 28.3 Å². The maximum atomic E-state index is 12.2. The SMILES string of the molecule is O=C(Cn1ccc2cccc(Cl)c21)C1CCCC1. The van der Waals surface area contributed by atoms with Gasteiger partial charge in [0.15, 0.2) is 5.78 Å². The van der Waals surface area contributed by atoms with E-state index in [1.807, 2.05) is 35.0 Å². The first-order valence-corrected chi connectivity index (χ1v) is 6.89. The van der Waals surface area contributed by atoms with Crippen molar-refractivity contribution in [3.05, 3.63) is 35.5 Å². The number of halogens is 1. The maximum absolute atomic E-state index is 12.2. The smallest absolute Gasteiger partial charge is 0.155 e. The Labute approximate surface area is 112 Å². The second kappa shape index (κ2) is 4.77. The molecule has 1 aliphatic rings. The standard InChI is InChI=1S/C15H16ClNO/c16-13-7-3-6-12-8-9-17(15(12)13)10-14(18)11-4-1-2-5-11/h3,6-9,11H,1-2,4-5,10H2. The van der Waals surface area contributed by atoms with Crippen LogP contribution in [0.4, 0.5) is 0 Å². The average Bonchev–Trinajstić information content (AvgIpc) is 2.99. The number of Topliss-reactive ketones (excluding diaryl/α,β-unsaturated/α-hetero) is 1. The lowest BCUT2D eigenvalue weighted by Crippen LogP contribution is -2.17. The van der Waals surface area contributed by atoms with Crippen LogP contribution in [0.5, 0.6) is 0 Å². The number of carbonyl (C=O) groups excluding carboxylic acids is 1. The monoisotopic (exact) mass is 261 g/mol. The molecule has 3 rings (SSSR count). The zero-order valence-corrected chi connectivity index (χ0v) is 11.0. The third kappa shape index (κ3) is 2.05. The van der Waals surface area contributed by atoms with Crippen LogP contribution in [0.25, 0.3) is 10.9 Å². The Balaban J connectivity index is 1.88. The normalized spacial score (nSPS) is 16.5. The van der Waals surface area contributed by atoms with Crippen LogP contribution in [0.3, 0.4) is 0 Å². The summed E-state index contributed by atoms with van der Waals surface area (Å²) >= 11 is 6.21. The van der Waals surface area contributed by atoms with Gasteiger partial charge in [0.1, 0.15) is 0 Å². The number of fused-ring (bicyclic) bond motifs is 1. The highest BCUT2D eigenvalue weighted by Crippen LogP contribution is 2.28. The van der Waals surface area contributed by atoms with Gasteiger partial charge < -0.3 is 4.57 Å². The molecule has 18 heavy (non-hydrogen) atoms. The molecule has 1 aliphatic carbocycles. The van der Waals surface area contributed by atoms with E-state index in [1.54, 1.807) is 0 Å². The number of hydrogen-bond donors (Lipinski definition) is 0. The van der Waals surface area contributed by atoms with Crippen molar-refractivity contribution in [3.63, 3.8) is 0 Å². The zero-order chi connectivity index (χ0) is 12.5. The van der Waals surface area contributed by atoms with Gasteiger partial charge in [0, 0.05) is 17.5 Å². The summed E-state index contributed by atoms with van der Waals surface area (Å²) in [5, 5.41) is 1.82. The third-order valence-corrected chi connectivity index (χ3v) is 4.18. The molecule has 1 fully saturated rings. The number of rotatable bonds is 3. The molecular formula is C15H16ClNO. The molecule has 0 atom stereocenters. The summed E-state index contributed by atoms with van der Waals surface area (Å²) in [4.78, 5) is 12.2. The highest BCUT2D eigenvalue weighted by molar-refractivity contribution is 6.35. The van der Waals surface area contributed by atoms with Gasteiger partial charge in [-0.2, -0.15) is 0 Å². The van der Waals surface area contributed by atoms with E-state index in [0.717, 1.165) is 28.8 Å². The molecule has 2 aromatic rings. The molecule has 1 aromatic heterocycles. The fourth-order valence-corrected chi connectivity index (χ4v) is 3.18. The summed E-state index contributed by atoms with van der Waals surface area (Å²) in [7, 11) is 0. The minimum Gasteiger partial charge on any atom is -0.339 e. The van der Waals surface area contributed by atoms with Crippen LogP contribution >= 0.6 is 11.6 Å². The third-order valence-electron chi connectivity index (χ3n) is 3.88. The van der Waals surface area contributed by atoms with Gasteiger partial charge in [-0.15, -0.1) is 0 Å². The van der Waals surface area contributed by atoms with E-state index in [1.165, 1.54) is 12.8 Å². The molecule has 0 aliphatic heterocycles. The summed E-state index contributed by atoms with van der Waals surface area (Å²) in [5.41, 5.74) is 0.977. The highest BCUT2D eigenvalue weighted by atomic mass is 35.5. The van der Waals surface area contributed by atoms with E-state index in [2.05, 4.69) is 0 Å². The van der Waals surface area contributed by atoms with Crippen molar-refractivity contribution in [2.24, 2.45) is 5.92 Å². The molecule has 3 heteroatoms. The first kappa shape index (κ1) is 11.8. The minimum atomic E-state index is 0.268. The molecule has 0 spiro atoms. The summed E-state index contributed by atoms with van der Waals surface area (Å²) in [6.45, 7) is 0.456. The molecule has 0 N–H and O–H groups in total. The van der Waals surface area contributed by atoms with Crippen LogP contribution in [0, 0.1) is 5.92 Å². The minimum absolute atomic E-state index is 0.268. The fraction of sp³-hybridized carbons (Fsp3) is 0.400.